The van der Waals surface area contributed by atoms with Crippen molar-refractivity contribution >= 4 is 29.1 Å². The van der Waals surface area contributed by atoms with Crippen molar-refractivity contribution in [2.75, 3.05) is 0 Å². The molecule has 0 aliphatic rings. The Morgan fingerprint density at radius 2 is 1.82 bits per heavy atom. The van der Waals surface area contributed by atoms with Gasteiger partial charge in [-0.1, -0.05) is 23.2 Å². The fourth-order valence-corrected chi connectivity index (χ4v) is 2.89. The Bertz CT molecular complexity index is 1010. The van der Waals surface area contributed by atoms with Crippen LogP contribution >= 0.6 is 23.2 Å². The van der Waals surface area contributed by atoms with Crippen molar-refractivity contribution < 1.29 is 18.0 Å². The molecule has 1 atom stereocenters. The highest BCUT2D eigenvalue weighted by atomic mass is 35.5. The summed E-state index contributed by atoms with van der Waals surface area (Å²) in [6.45, 7) is 1.61. The largest absolute Gasteiger partial charge is 0.416 e. The van der Waals surface area contributed by atoms with Crippen LogP contribution in [0.3, 0.4) is 0 Å². The molecular formula is C17H12Cl2F3N5O. The van der Waals surface area contributed by atoms with E-state index in [-0.39, 0.29) is 15.7 Å². The zero-order chi connectivity index (χ0) is 20.5. The number of hydrogen-bond donors (Lipinski definition) is 1. The number of carbonyl (C=O) groups excluding carboxylic acids is 1. The maximum Gasteiger partial charge on any atom is 0.416 e. The first-order valence-corrected chi connectivity index (χ1v) is 8.62. The van der Waals surface area contributed by atoms with E-state index in [2.05, 4.69) is 20.5 Å². The lowest BCUT2D eigenvalue weighted by atomic mass is 10.1. The first-order chi connectivity index (χ1) is 13.1. The predicted molar refractivity (Wildman–Crippen MR) is 96.5 cm³/mol. The molecule has 28 heavy (non-hydrogen) atoms. The highest BCUT2D eigenvalue weighted by Gasteiger charge is 2.32. The molecule has 3 aromatic rings. The molecule has 0 saturated heterocycles. The first kappa shape index (κ1) is 20.1. The van der Waals surface area contributed by atoms with Crippen molar-refractivity contribution in [1.29, 1.82) is 0 Å². The maximum atomic E-state index is 13.0. The Hall–Kier alpha value is -2.65. The van der Waals surface area contributed by atoms with Crippen LogP contribution in [0.1, 0.15) is 34.6 Å². The summed E-state index contributed by atoms with van der Waals surface area (Å²) in [5.74, 6) is -0.748. The molecule has 0 spiro atoms. The Morgan fingerprint density at radius 3 is 2.46 bits per heavy atom. The third kappa shape index (κ3) is 4.42. The molecule has 0 aliphatic heterocycles. The van der Waals surface area contributed by atoms with Crippen molar-refractivity contribution in [2.24, 2.45) is 0 Å². The standard InChI is InChI=1S/C17H12Cl2F3N5O/c1-9(15-13(2-3-14(19)26-15)27-23-4-5-24-27)25-16(28)10-6-11(17(20,21)22)8-12(18)7-10/h2-9H,1H3,(H,25,28). The summed E-state index contributed by atoms with van der Waals surface area (Å²) >= 11 is 11.7. The predicted octanol–water partition coefficient (Wildman–Crippen LogP) is 4.48. The Kier molecular flexibility index (Phi) is 5.57. The summed E-state index contributed by atoms with van der Waals surface area (Å²) < 4.78 is 38.9. The van der Waals surface area contributed by atoms with Crippen LogP contribution in [0.4, 0.5) is 13.2 Å². The molecule has 0 bridgehead atoms. The van der Waals surface area contributed by atoms with Crippen LogP contribution in [-0.2, 0) is 6.18 Å². The van der Waals surface area contributed by atoms with Gasteiger partial charge in [-0.2, -0.15) is 23.4 Å². The van der Waals surface area contributed by atoms with Gasteiger partial charge in [0, 0.05) is 10.6 Å². The Morgan fingerprint density at radius 1 is 1.14 bits per heavy atom. The monoisotopic (exact) mass is 429 g/mol. The molecular weight excluding hydrogens is 418 g/mol. The molecule has 0 radical (unpaired) electrons. The third-order valence-electron chi connectivity index (χ3n) is 3.75. The minimum absolute atomic E-state index is 0.175. The van der Waals surface area contributed by atoms with E-state index in [1.807, 2.05) is 0 Å². The molecule has 11 heteroatoms. The van der Waals surface area contributed by atoms with Crippen molar-refractivity contribution in [3.63, 3.8) is 0 Å². The van der Waals surface area contributed by atoms with Crippen LogP contribution in [0.15, 0.2) is 42.7 Å². The fraction of sp³-hybridized carbons (Fsp3) is 0.176. The third-order valence-corrected chi connectivity index (χ3v) is 4.18. The first-order valence-electron chi connectivity index (χ1n) is 7.87. The van der Waals surface area contributed by atoms with Gasteiger partial charge >= 0.3 is 6.18 Å². The van der Waals surface area contributed by atoms with E-state index < -0.39 is 23.7 Å². The number of hydrogen-bond acceptors (Lipinski definition) is 4. The van der Waals surface area contributed by atoms with E-state index in [1.165, 1.54) is 23.3 Å². The molecule has 1 N–H and O–H groups in total. The van der Waals surface area contributed by atoms with Gasteiger partial charge in [-0.15, -0.1) is 4.80 Å². The molecule has 1 unspecified atom stereocenters. The number of nitrogens with one attached hydrogen (secondary N) is 1. The quantitative estimate of drug-likeness (QED) is 0.620. The topological polar surface area (TPSA) is 72.7 Å². The van der Waals surface area contributed by atoms with Gasteiger partial charge in [-0.25, -0.2) is 4.98 Å². The van der Waals surface area contributed by atoms with E-state index in [1.54, 1.807) is 13.0 Å². The lowest BCUT2D eigenvalue weighted by molar-refractivity contribution is -0.137. The van der Waals surface area contributed by atoms with E-state index in [9.17, 15) is 18.0 Å². The second-order valence-corrected chi connectivity index (χ2v) is 6.60. The van der Waals surface area contributed by atoms with Crippen LogP contribution in [-0.4, -0.2) is 25.9 Å². The summed E-state index contributed by atoms with van der Waals surface area (Å²) in [7, 11) is 0. The number of rotatable bonds is 4. The maximum absolute atomic E-state index is 13.0. The average molecular weight is 430 g/mol. The van der Waals surface area contributed by atoms with Gasteiger partial charge in [0.05, 0.1) is 29.7 Å². The number of pyridine rings is 1. The second-order valence-electron chi connectivity index (χ2n) is 5.78. The normalized spacial score (nSPS) is 12.6. The van der Waals surface area contributed by atoms with Crippen LogP contribution in [0.2, 0.25) is 10.2 Å². The van der Waals surface area contributed by atoms with Gasteiger partial charge in [-0.05, 0) is 37.3 Å². The second kappa shape index (κ2) is 7.76. The number of benzene rings is 1. The molecule has 3 rings (SSSR count). The van der Waals surface area contributed by atoms with Gasteiger partial charge in [0.2, 0.25) is 0 Å². The van der Waals surface area contributed by atoms with Gasteiger partial charge in [-0.3, -0.25) is 4.79 Å². The fourth-order valence-electron chi connectivity index (χ4n) is 2.50. The molecule has 2 aromatic heterocycles. The van der Waals surface area contributed by atoms with E-state index in [0.717, 1.165) is 18.2 Å². The van der Waals surface area contributed by atoms with Crippen molar-refractivity contribution in [3.05, 3.63) is 69.7 Å². The molecule has 1 aromatic carbocycles. The number of aromatic nitrogens is 4. The number of nitrogens with zero attached hydrogens (tertiary/aromatic N) is 4. The molecule has 2 heterocycles. The van der Waals surface area contributed by atoms with E-state index in [0.29, 0.717) is 11.4 Å². The number of alkyl halides is 3. The molecule has 6 nitrogen and oxygen atoms in total. The Balaban J connectivity index is 1.90. The van der Waals surface area contributed by atoms with Gasteiger partial charge < -0.3 is 5.32 Å². The molecule has 0 fully saturated rings. The summed E-state index contributed by atoms with van der Waals surface area (Å²) in [5.41, 5.74) is -0.438. The SMILES string of the molecule is CC(NC(=O)c1cc(Cl)cc(C(F)(F)F)c1)c1nc(Cl)ccc1-n1nccn1. The van der Waals surface area contributed by atoms with Crippen molar-refractivity contribution in [2.45, 2.75) is 19.1 Å². The summed E-state index contributed by atoms with van der Waals surface area (Å²) in [6, 6.07) is 5.08. The summed E-state index contributed by atoms with van der Waals surface area (Å²) in [4.78, 5) is 18.0. The van der Waals surface area contributed by atoms with E-state index >= 15 is 0 Å². The molecule has 1 amide bonds. The summed E-state index contributed by atoms with van der Waals surface area (Å²) in [5, 5.41) is 10.6. The van der Waals surface area contributed by atoms with Gasteiger partial charge in [0.15, 0.2) is 0 Å². The van der Waals surface area contributed by atoms with Crippen LogP contribution < -0.4 is 5.32 Å². The molecule has 146 valence electrons. The van der Waals surface area contributed by atoms with Crippen LogP contribution in [0, 0.1) is 0 Å². The highest BCUT2D eigenvalue weighted by Crippen LogP contribution is 2.32. The zero-order valence-corrected chi connectivity index (χ0v) is 15.7. The van der Waals surface area contributed by atoms with Crippen molar-refractivity contribution in [1.82, 2.24) is 25.3 Å². The van der Waals surface area contributed by atoms with Gasteiger partial charge in [0.1, 0.15) is 10.8 Å². The smallest absolute Gasteiger partial charge is 0.344 e. The number of halogens is 5. The zero-order valence-electron chi connectivity index (χ0n) is 14.2. The molecule has 0 saturated carbocycles. The number of carbonyl (C=O) groups is 1. The average Bonchev–Trinajstić information content (AvgIpc) is 3.14. The van der Waals surface area contributed by atoms with E-state index in [4.69, 9.17) is 23.2 Å². The van der Waals surface area contributed by atoms with Crippen molar-refractivity contribution in [3.8, 4) is 5.69 Å². The minimum atomic E-state index is -4.63. The van der Waals surface area contributed by atoms with Gasteiger partial charge in [0.25, 0.3) is 5.91 Å². The lowest BCUT2D eigenvalue weighted by Gasteiger charge is -2.17. The number of amides is 1. The molecule has 0 aliphatic carbocycles. The minimum Gasteiger partial charge on any atom is -0.344 e. The lowest BCUT2D eigenvalue weighted by Crippen LogP contribution is -2.28. The summed E-state index contributed by atoms with van der Waals surface area (Å²) in [6.07, 6.45) is -1.70. The Labute approximate surface area is 167 Å². The van der Waals surface area contributed by atoms with Crippen LogP contribution in [0.5, 0.6) is 0 Å². The highest BCUT2D eigenvalue weighted by molar-refractivity contribution is 6.31. The van der Waals surface area contributed by atoms with Crippen LogP contribution in [0.25, 0.3) is 5.69 Å².